The molecule has 3 N–H and O–H groups in total. The number of rotatable bonds is 5. The number of benzene rings is 2. The van der Waals surface area contributed by atoms with Crippen LogP contribution in [0.15, 0.2) is 53.4 Å². The fourth-order valence-corrected chi connectivity index (χ4v) is 4.45. The number of amides is 2. The van der Waals surface area contributed by atoms with E-state index in [1.54, 1.807) is 30.3 Å². The second kappa shape index (κ2) is 6.79. The minimum Gasteiger partial charge on any atom is -0.326 e. The summed E-state index contributed by atoms with van der Waals surface area (Å²) in [6.45, 7) is 0. The molecule has 1 aliphatic carbocycles. The topological polar surface area (TPSA) is 104 Å². The number of anilines is 2. The predicted molar refractivity (Wildman–Crippen MR) is 101 cm³/mol. The summed E-state index contributed by atoms with van der Waals surface area (Å²) in [6, 6.07) is 13.3. The molecule has 1 fully saturated rings. The van der Waals surface area contributed by atoms with Crippen molar-refractivity contribution in [3.05, 3.63) is 54.1 Å². The molecular formula is C19H19N3O4S. The number of nitrogens with one attached hydrogen (secondary N) is 3. The van der Waals surface area contributed by atoms with Gasteiger partial charge in [0.1, 0.15) is 0 Å². The molecule has 1 atom stereocenters. The van der Waals surface area contributed by atoms with Crippen LogP contribution in [0, 0.1) is 0 Å². The van der Waals surface area contributed by atoms with Crippen LogP contribution in [-0.2, 0) is 19.6 Å². The normalized spacial score (nSPS) is 19.1. The van der Waals surface area contributed by atoms with Gasteiger partial charge in [-0.1, -0.05) is 24.3 Å². The van der Waals surface area contributed by atoms with Crippen molar-refractivity contribution in [1.29, 1.82) is 0 Å². The summed E-state index contributed by atoms with van der Waals surface area (Å²) >= 11 is 0. The van der Waals surface area contributed by atoms with Gasteiger partial charge in [0, 0.05) is 23.8 Å². The van der Waals surface area contributed by atoms with Crippen molar-refractivity contribution >= 4 is 33.2 Å². The lowest BCUT2D eigenvalue weighted by atomic mass is 9.90. The zero-order valence-electron chi connectivity index (χ0n) is 14.4. The first-order chi connectivity index (χ1) is 12.9. The van der Waals surface area contributed by atoms with Gasteiger partial charge in [-0.2, -0.15) is 0 Å². The summed E-state index contributed by atoms with van der Waals surface area (Å²) in [5.41, 5.74) is 1.75. The number of para-hydroxylation sites is 1. The first-order valence-corrected chi connectivity index (χ1v) is 10.2. The van der Waals surface area contributed by atoms with Gasteiger partial charge in [0.25, 0.3) is 0 Å². The number of sulfonamides is 1. The summed E-state index contributed by atoms with van der Waals surface area (Å²) in [6.07, 6.45) is 1.74. The van der Waals surface area contributed by atoms with Gasteiger partial charge in [-0.05, 0) is 42.7 Å². The Morgan fingerprint density at radius 3 is 2.63 bits per heavy atom. The fraction of sp³-hybridized carbons (Fsp3) is 0.263. The van der Waals surface area contributed by atoms with Gasteiger partial charge in [-0.3, -0.25) is 9.59 Å². The molecule has 2 aromatic carbocycles. The minimum absolute atomic E-state index is 0.00509. The van der Waals surface area contributed by atoms with Crippen LogP contribution < -0.4 is 15.4 Å². The highest BCUT2D eigenvalue weighted by Crippen LogP contribution is 2.33. The highest BCUT2D eigenvalue weighted by atomic mass is 32.2. The Labute approximate surface area is 157 Å². The standard InChI is InChI=1S/C19H19N3O4S/c23-18-11-16(15-6-1-2-7-17(15)21-18)19(24)20-13-4-3-5-14(10-13)27(25,26)22-12-8-9-12/h1-7,10,12,16,22H,8-9,11H2,(H,20,24)(H,21,23)/t16-/m1/s1. The molecule has 2 aliphatic rings. The van der Waals surface area contributed by atoms with Crippen LogP contribution in [0.3, 0.4) is 0 Å². The van der Waals surface area contributed by atoms with Gasteiger partial charge < -0.3 is 10.6 Å². The predicted octanol–water partition coefficient (Wildman–Crippen LogP) is 2.19. The smallest absolute Gasteiger partial charge is 0.240 e. The highest BCUT2D eigenvalue weighted by molar-refractivity contribution is 7.89. The maximum atomic E-state index is 12.8. The Bertz CT molecular complexity index is 1020. The molecule has 1 saturated carbocycles. The summed E-state index contributed by atoms with van der Waals surface area (Å²) in [7, 11) is -3.60. The monoisotopic (exact) mass is 385 g/mol. The van der Waals surface area contributed by atoms with Gasteiger partial charge in [-0.15, -0.1) is 0 Å². The van der Waals surface area contributed by atoms with Crippen molar-refractivity contribution in [2.75, 3.05) is 10.6 Å². The lowest BCUT2D eigenvalue weighted by molar-refractivity contribution is -0.123. The van der Waals surface area contributed by atoms with E-state index in [9.17, 15) is 18.0 Å². The largest absolute Gasteiger partial charge is 0.326 e. The molecule has 1 aliphatic heterocycles. The van der Waals surface area contributed by atoms with Crippen LogP contribution in [0.4, 0.5) is 11.4 Å². The second-order valence-electron chi connectivity index (χ2n) is 6.80. The van der Waals surface area contributed by atoms with Crippen molar-refractivity contribution in [3.8, 4) is 0 Å². The van der Waals surface area contributed by atoms with Gasteiger partial charge in [0.05, 0.1) is 10.8 Å². The number of hydrogen-bond acceptors (Lipinski definition) is 4. The third kappa shape index (κ3) is 3.86. The molecule has 4 rings (SSSR count). The van der Waals surface area contributed by atoms with E-state index in [-0.39, 0.29) is 29.2 Å². The molecule has 140 valence electrons. The van der Waals surface area contributed by atoms with E-state index in [4.69, 9.17) is 0 Å². The van der Waals surface area contributed by atoms with Crippen LogP contribution in [0.1, 0.15) is 30.7 Å². The van der Waals surface area contributed by atoms with Crippen molar-refractivity contribution in [2.45, 2.75) is 36.1 Å². The first kappa shape index (κ1) is 17.7. The molecule has 7 nitrogen and oxygen atoms in total. The van der Waals surface area contributed by atoms with E-state index in [2.05, 4.69) is 15.4 Å². The van der Waals surface area contributed by atoms with Crippen LogP contribution in [0.5, 0.6) is 0 Å². The van der Waals surface area contributed by atoms with E-state index in [1.165, 1.54) is 12.1 Å². The Balaban J connectivity index is 1.55. The number of carbonyl (C=O) groups excluding carboxylic acids is 2. The van der Waals surface area contributed by atoms with Crippen LogP contribution in [0.25, 0.3) is 0 Å². The molecule has 0 unspecified atom stereocenters. The third-order valence-electron chi connectivity index (χ3n) is 4.63. The lowest BCUT2D eigenvalue weighted by Gasteiger charge is -2.24. The Morgan fingerprint density at radius 1 is 1.07 bits per heavy atom. The van der Waals surface area contributed by atoms with E-state index in [0.29, 0.717) is 11.4 Å². The summed E-state index contributed by atoms with van der Waals surface area (Å²) in [5, 5.41) is 5.50. The molecular weight excluding hydrogens is 366 g/mol. The Morgan fingerprint density at radius 2 is 1.85 bits per heavy atom. The van der Waals surface area contributed by atoms with Crippen molar-refractivity contribution in [3.63, 3.8) is 0 Å². The molecule has 27 heavy (non-hydrogen) atoms. The summed E-state index contributed by atoms with van der Waals surface area (Å²) in [5.74, 6) is -1.19. The number of hydrogen-bond donors (Lipinski definition) is 3. The van der Waals surface area contributed by atoms with Gasteiger partial charge in [-0.25, -0.2) is 13.1 Å². The molecule has 1 heterocycles. The lowest BCUT2D eigenvalue weighted by Crippen LogP contribution is -2.31. The average molecular weight is 385 g/mol. The molecule has 2 aromatic rings. The van der Waals surface area contributed by atoms with Crippen LogP contribution in [-0.4, -0.2) is 26.3 Å². The van der Waals surface area contributed by atoms with E-state index in [1.807, 2.05) is 6.07 Å². The fourth-order valence-electron chi connectivity index (χ4n) is 3.10. The molecule has 2 amide bonds. The Hall–Kier alpha value is -2.71. The summed E-state index contributed by atoms with van der Waals surface area (Å²) < 4.78 is 27.3. The molecule has 0 aromatic heterocycles. The van der Waals surface area contributed by atoms with E-state index >= 15 is 0 Å². The SMILES string of the molecule is O=C1C[C@@H](C(=O)Nc2cccc(S(=O)(=O)NC3CC3)c2)c2ccccc2N1. The maximum Gasteiger partial charge on any atom is 0.240 e. The molecule has 0 bridgehead atoms. The number of fused-ring (bicyclic) bond motifs is 1. The molecule has 0 spiro atoms. The quantitative estimate of drug-likeness (QED) is 0.734. The van der Waals surface area contributed by atoms with Gasteiger partial charge in [0.2, 0.25) is 21.8 Å². The average Bonchev–Trinajstić information content (AvgIpc) is 3.44. The molecule has 8 heteroatoms. The van der Waals surface area contributed by atoms with Crippen molar-refractivity contribution < 1.29 is 18.0 Å². The molecule has 0 saturated heterocycles. The van der Waals surface area contributed by atoms with Crippen LogP contribution in [0.2, 0.25) is 0 Å². The van der Waals surface area contributed by atoms with E-state index < -0.39 is 15.9 Å². The Kier molecular flexibility index (Phi) is 4.45. The van der Waals surface area contributed by atoms with Gasteiger partial charge >= 0.3 is 0 Å². The number of carbonyl (C=O) groups is 2. The zero-order valence-corrected chi connectivity index (χ0v) is 15.3. The third-order valence-corrected chi connectivity index (χ3v) is 6.15. The van der Waals surface area contributed by atoms with E-state index in [0.717, 1.165) is 18.4 Å². The maximum absolute atomic E-state index is 12.8. The second-order valence-corrected chi connectivity index (χ2v) is 8.52. The first-order valence-electron chi connectivity index (χ1n) is 8.74. The van der Waals surface area contributed by atoms with Crippen LogP contribution >= 0.6 is 0 Å². The summed E-state index contributed by atoms with van der Waals surface area (Å²) in [4.78, 5) is 24.8. The molecule has 0 radical (unpaired) electrons. The highest BCUT2D eigenvalue weighted by Gasteiger charge is 2.31. The van der Waals surface area contributed by atoms with Crippen molar-refractivity contribution in [1.82, 2.24) is 4.72 Å². The minimum atomic E-state index is -3.60. The zero-order chi connectivity index (χ0) is 19.0. The van der Waals surface area contributed by atoms with Gasteiger partial charge in [0.15, 0.2) is 0 Å². The van der Waals surface area contributed by atoms with Crippen molar-refractivity contribution in [2.24, 2.45) is 0 Å².